The highest BCUT2D eigenvalue weighted by atomic mass is 16.4. The van der Waals surface area contributed by atoms with E-state index in [1.165, 1.54) is 6.21 Å². The molecule has 2 nitrogen and oxygen atoms in total. The Hall–Kier alpha value is -2.53. The minimum absolute atomic E-state index is 0.845. The van der Waals surface area contributed by atoms with E-state index in [1.54, 1.807) is 0 Å². The van der Waals surface area contributed by atoms with E-state index < -0.39 is 0 Å². The zero-order valence-corrected chi connectivity index (χ0v) is 9.17. The van der Waals surface area contributed by atoms with E-state index in [1.807, 2.05) is 54.6 Å². The lowest BCUT2D eigenvalue weighted by Crippen LogP contribution is -1.81. The minimum atomic E-state index is 0.845. The van der Waals surface area contributed by atoms with E-state index in [-0.39, 0.29) is 0 Å². The van der Waals surface area contributed by atoms with Gasteiger partial charge in [0.15, 0.2) is 0 Å². The Balaban J connectivity index is 2.17. The van der Waals surface area contributed by atoms with Crippen molar-refractivity contribution in [1.29, 1.82) is 0 Å². The normalized spacial score (nSPS) is 9.88. The summed E-state index contributed by atoms with van der Waals surface area (Å²) in [5.74, 6) is 6.15. The maximum atomic E-state index is 8.38. The number of nitrogens with zero attached hydrogens (tertiary/aromatic N) is 1. The second-order valence-corrected chi connectivity index (χ2v) is 3.48. The largest absolute Gasteiger partial charge is 0.411 e. The fraction of sp³-hybridized carbons (Fsp3) is 0. The Morgan fingerprint density at radius 2 is 1.41 bits per heavy atom. The first-order chi connectivity index (χ1) is 8.38. The molecular weight excluding hydrogens is 210 g/mol. The summed E-state index contributed by atoms with van der Waals surface area (Å²) in [7, 11) is 0. The molecule has 82 valence electrons. The molecule has 0 fully saturated rings. The topological polar surface area (TPSA) is 32.6 Å². The Morgan fingerprint density at radius 1 is 0.824 bits per heavy atom. The molecule has 0 saturated carbocycles. The van der Waals surface area contributed by atoms with Gasteiger partial charge in [-0.1, -0.05) is 47.3 Å². The minimum Gasteiger partial charge on any atom is -0.411 e. The fourth-order valence-corrected chi connectivity index (χ4v) is 1.39. The van der Waals surface area contributed by atoms with Gasteiger partial charge in [0.25, 0.3) is 0 Å². The van der Waals surface area contributed by atoms with Crippen molar-refractivity contribution in [3.8, 4) is 11.8 Å². The fourth-order valence-electron chi connectivity index (χ4n) is 1.39. The van der Waals surface area contributed by atoms with E-state index in [0.717, 1.165) is 16.7 Å². The third-order valence-corrected chi connectivity index (χ3v) is 2.24. The van der Waals surface area contributed by atoms with Crippen LogP contribution < -0.4 is 0 Å². The van der Waals surface area contributed by atoms with E-state index in [2.05, 4.69) is 17.0 Å². The van der Waals surface area contributed by atoms with Crippen molar-refractivity contribution in [3.05, 3.63) is 71.3 Å². The highest BCUT2D eigenvalue weighted by molar-refractivity contribution is 5.79. The molecule has 2 aromatic rings. The first-order valence-corrected chi connectivity index (χ1v) is 5.23. The van der Waals surface area contributed by atoms with Gasteiger partial charge >= 0.3 is 0 Å². The molecule has 1 N–H and O–H groups in total. The maximum absolute atomic E-state index is 8.38. The van der Waals surface area contributed by atoms with Crippen LogP contribution in [-0.4, -0.2) is 11.4 Å². The first kappa shape index (κ1) is 11.0. The quantitative estimate of drug-likeness (QED) is 0.341. The molecule has 2 rings (SSSR count). The van der Waals surface area contributed by atoms with Crippen molar-refractivity contribution in [2.24, 2.45) is 5.16 Å². The molecule has 17 heavy (non-hydrogen) atoms. The molecule has 0 aliphatic rings. The summed E-state index contributed by atoms with van der Waals surface area (Å²) in [5, 5.41) is 11.4. The number of rotatable bonds is 1. The van der Waals surface area contributed by atoms with E-state index in [4.69, 9.17) is 5.21 Å². The summed E-state index contributed by atoms with van der Waals surface area (Å²) < 4.78 is 0. The van der Waals surface area contributed by atoms with Crippen LogP contribution in [0.5, 0.6) is 0 Å². The Morgan fingerprint density at radius 3 is 2.00 bits per heavy atom. The van der Waals surface area contributed by atoms with Gasteiger partial charge in [-0.3, -0.25) is 0 Å². The van der Waals surface area contributed by atoms with Crippen LogP contribution in [0.1, 0.15) is 16.7 Å². The molecule has 0 radical (unpaired) electrons. The molecule has 0 aliphatic carbocycles. The molecule has 0 saturated heterocycles. The molecule has 0 heterocycles. The van der Waals surface area contributed by atoms with Gasteiger partial charge in [0.05, 0.1) is 6.21 Å². The summed E-state index contributed by atoms with van der Waals surface area (Å²) in [4.78, 5) is 0. The average Bonchev–Trinajstić information content (AvgIpc) is 2.40. The second-order valence-electron chi connectivity index (χ2n) is 3.48. The zero-order chi connectivity index (χ0) is 11.9. The molecule has 0 unspecified atom stereocenters. The van der Waals surface area contributed by atoms with Crippen LogP contribution in [0.15, 0.2) is 59.8 Å². The molecular formula is C15H11NO. The lowest BCUT2D eigenvalue weighted by atomic mass is 10.1. The van der Waals surface area contributed by atoms with Crippen LogP contribution in [-0.2, 0) is 0 Å². The van der Waals surface area contributed by atoms with Crippen LogP contribution in [0.2, 0.25) is 0 Å². The van der Waals surface area contributed by atoms with Gasteiger partial charge in [-0.2, -0.15) is 0 Å². The van der Waals surface area contributed by atoms with Gasteiger partial charge in [0.1, 0.15) is 0 Å². The van der Waals surface area contributed by atoms with Crippen molar-refractivity contribution in [3.63, 3.8) is 0 Å². The Kier molecular flexibility index (Phi) is 3.57. The predicted octanol–water partition coefficient (Wildman–Crippen LogP) is 2.89. The van der Waals surface area contributed by atoms with Gasteiger partial charge < -0.3 is 5.21 Å². The SMILES string of the molecule is O/N=C\c1ccc(C#Cc2ccccc2)cc1. The van der Waals surface area contributed by atoms with Crippen LogP contribution in [0, 0.1) is 11.8 Å². The summed E-state index contributed by atoms with van der Waals surface area (Å²) in [6.07, 6.45) is 1.38. The van der Waals surface area contributed by atoms with Gasteiger partial charge in [0, 0.05) is 11.1 Å². The van der Waals surface area contributed by atoms with Crippen molar-refractivity contribution in [2.75, 3.05) is 0 Å². The molecule has 2 aromatic carbocycles. The zero-order valence-electron chi connectivity index (χ0n) is 9.17. The smallest absolute Gasteiger partial charge is 0.0733 e. The van der Waals surface area contributed by atoms with Crippen LogP contribution in [0.25, 0.3) is 0 Å². The lowest BCUT2D eigenvalue weighted by molar-refractivity contribution is 0.322. The number of benzene rings is 2. The standard InChI is InChI=1S/C15H11NO/c17-16-12-15-10-8-14(9-11-15)7-6-13-4-2-1-3-5-13/h1-5,8-12,17H/b16-12-. The molecule has 0 aliphatic heterocycles. The highest BCUT2D eigenvalue weighted by Crippen LogP contribution is 2.02. The molecule has 0 bridgehead atoms. The van der Waals surface area contributed by atoms with Gasteiger partial charge in [-0.15, -0.1) is 0 Å². The molecule has 0 aromatic heterocycles. The van der Waals surface area contributed by atoms with Gasteiger partial charge in [-0.05, 0) is 29.8 Å². The second kappa shape index (κ2) is 5.53. The molecule has 0 amide bonds. The van der Waals surface area contributed by atoms with Crippen molar-refractivity contribution >= 4 is 6.21 Å². The van der Waals surface area contributed by atoms with Crippen LogP contribution in [0.3, 0.4) is 0 Å². The number of hydrogen-bond donors (Lipinski definition) is 1. The molecule has 2 heteroatoms. The summed E-state index contributed by atoms with van der Waals surface area (Å²) >= 11 is 0. The van der Waals surface area contributed by atoms with Gasteiger partial charge in [0.2, 0.25) is 0 Å². The number of oxime groups is 1. The monoisotopic (exact) mass is 221 g/mol. The Bertz CT molecular complexity index is 559. The van der Waals surface area contributed by atoms with Crippen molar-refractivity contribution < 1.29 is 5.21 Å². The first-order valence-electron chi connectivity index (χ1n) is 5.23. The van der Waals surface area contributed by atoms with E-state index in [9.17, 15) is 0 Å². The summed E-state index contributed by atoms with van der Waals surface area (Å²) in [5.41, 5.74) is 2.77. The average molecular weight is 221 g/mol. The van der Waals surface area contributed by atoms with Crippen molar-refractivity contribution in [2.45, 2.75) is 0 Å². The van der Waals surface area contributed by atoms with Crippen LogP contribution >= 0.6 is 0 Å². The van der Waals surface area contributed by atoms with Gasteiger partial charge in [-0.25, -0.2) is 0 Å². The third kappa shape index (κ3) is 3.22. The van der Waals surface area contributed by atoms with Crippen LogP contribution in [0.4, 0.5) is 0 Å². The highest BCUT2D eigenvalue weighted by Gasteiger charge is 1.89. The maximum Gasteiger partial charge on any atom is 0.0733 e. The third-order valence-electron chi connectivity index (χ3n) is 2.24. The Labute approximate surface area is 100 Å². The molecule has 0 spiro atoms. The predicted molar refractivity (Wildman–Crippen MR) is 68.2 cm³/mol. The lowest BCUT2D eigenvalue weighted by Gasteiger charge is -1.92. The summed E-state index contributed by atoms with van der Waals surface area (Å²) in [6, 6.07) is 17.3. The number of hydrogen-bond acceptors (Lipinski definition) is 2. The van der Waals surface area contributed by atoms with E-state index >= 15 is 0 Å². The molecule has 0 atom stereocenters. The summed E-state index contributed by atoms with van der Waals surface area (Å²) in [6.45, 7) is 0. The van der Waals surface area contributed by atoms with Crippen molar-refractivity contribution in [1.82, 2.24) is 0 Å². The van der Waals surface area contributed by atoms with E-state index in [0.29, 0.717) is 0 Å².